The third kappa shape index (κ3) is 4.66. The maximum absolute atomic E-state index is 13.0. The normalized spacial score (nSPS) is 24.4. The molecule has 2 fully saturated rings. The zero-order chi connectivity index (χ0) is 17.6. The minimum Gasteiger partial charge on any atom is -0.377 e. The fourth-order valence-electron chi connectivity index (χ4n) is 3.49. The van der Waals surface area contributed by atoms with Crippen molar-refractivity contribution in [3.63, 3.8) is 0 Å². The second-order valence-corrected chi connectivity index (χ2v) is 6.78. The van der Waals surface area contributed by atoms with Gasteiger partial charge in [-0.2, -0.15) is 0 Å². The van der Waals surface area contributed by atoms with E-state index < -0.39 is 0 Å². The van der Waals surface area contributed by atoms with Crippen LogP contribution in [0.4, 0.5) is 4.39 Å². The van der Waals surface area contributed by atoms with Gasteiger partial charge in [0.15, 0.2) is 0 Å². The van der Waals surface area contributed by atoms with Crippen LogP contribution in [0.25, 0.3) is 0 Å². The van der Waals surface area contributed by atoms with Crippen molar-refractivity contribution in [3.8, 4) is 0 Å². The predicted molar refractivity (Wildman–Crippen MR) is 94.1 cm³/mol. The number of halogens is 1. The Morgan fingerprint density at radius 1 is 1.28 bits per heavy atom. The first-order valence-electron chi connectivity index (χ1n) is 8.91. The molecular formula is C19H26FN3O2. The van der Waals surface area contributed by atoms with Crippen molar-refractivity contribution in [3.05, 3.63) is 48.3 Å². The Morgan fingerprint density at radius 3 is 2.68 bits per heavy atom. The molecule has 0 bridgehead atoms. The number of likely N-dealkylation sites (tertiary alicyclic amines) is 1. The van der Waals surface area contributed by atoms with E-state index in [4.69, 9.17) is 4.74 Å². The first kappa shape index (κ1) is 18.0. The largest absolute Gasteiger partial charge is 0.377 e. The van der Waals surface area contributed by atoms with Gasteiger partial charge in [-0.05, 0) is 42.9 Å². The summed E-state index contributed by atoms with van der Waals surface area (Å²) in [5, 5.41) is 0. The number of nitrogens with zero attached hydrogens (tertiary/aromatic N) is 1. The number of hydrazine groups is 1. The van der Waals surface area contributed by atoms with E-state index >= 15 is 0 Å². The van der Waals surface area contributed by atoms with Gasteiger partial charge in [-0.3, -0.25) is 4.79 Å². The van der Waals surface area contributed by atoms with E-state index in [0.29, 0.717) is 18.9 Å². The van der Waals surface area contributed by atoms with Crippen LogP contribution in [0.5, 0.6) is 0 Å². The van der Waals surface area contributed by atoms with Crippen molar-refractivity contribution in [2.75, 3.05) is 26.3 Å². The van der Waals surface area contributed by atoms with Crippen molar-refractivity contribution in [2.24, 2.45) is 5.92 Å². The lowest BCUT2D eigenvalue weighted by atomic mass is 9.96. The quantitative estimate of drug-likeness (QED) is 0.612. The summed E-state index contributed by atoms with van der Waals surface area (Å²) in [6.07, 6.45) is 4.39. The lowest BCUT2D eigenvalue weighted by Crippen LogP contribution is -2.48. The number of hydrogen-bond acceptors (Lipinski definition) is 4. The first-order chi connectivity index (χ1) is 12.2. The first-order valence-corrected chi connectivity index (χ1v) is 8.91. The van der Waals surface area contributed by atoms with Gasteiger partial charge in [-0.15, -0.1) is 6.58 Å². The average molecular weight is 347 g/mol. The van der Waals surface area contributed by atoms with Crippen molar-refractivity contribution >= 4 is 5.91 Å². The van der Waals surface area contributed by atoms with Crippen molar-refractivity contribution in [2.45, 2.75) is 31.3 Å². The Bertz CT molecular complexity index is 585. The molecule has 0 spiro atoms. The van der Waals surface area contributed by atoms with Gasteiger partial charge in [-0.25, -0.2) is 15.2 Å². The van der Waals surface area contributed by atoms with Gasteiger partial charge in [0.25, 0.3) is 0 Å². The fourth-order valence-corrected chi connectivity index (χ4v) is 3.49. The van der Waals surface area contributed by atoms with E-state index in [9.17, 15) is 9.18 Å². The maximum Gasteiger partial charge on any atom is 0.241 e. The van der Waals surface area contributed by atoms with Crippen molar-refractivity contribution in [1.82, 2.24) is 15.8 Å². The third-order valence-electron chi connectivity index (χ3n) is 4.99. The Hall–Kier alpha value is -1.76. The van der Waals surface area contributed by atoms with Gasteiger partial charge in [0.2, 0.25) is 5.91 Å². The standard InChI is InChI=1S/C19H26FN3O2/c1-2-11-25-13-14-7-9-23(10-8-14)19(24)18-12-17(21-22-18)15-3-5-16(20)6-4-15/h2-6,14,17-18,21-22H,1,7-13H2. The highest BCUT2D eigenvalue weighted by atomic mass is 19.1. The van der Waals surface area contributed by atoms with Crippen molar-refractivity contribution < 1.29 is 13.9 Å². The van der Waals surface area contributed by atoms with E-state index in [1.165, 1.54) is 12.1 Å². The molecule has 0 saturated carbocycles. The van der Waals surface area contributed by atoms with Crippen LogP contribution in [-0.2, 0) is 9.53 Å². The number of ether oxygens (including phenoxy) is 1. The molecule has 2 unspecified atom stereocenters. The molecule has 25 heavy (non-hydrogen) atoms. The molecule has 2 N–H and O–H groups in total. The second kappa shape index (κ2) is 8.56. The summed E-state index contributed by atoms with van der Waals surface area (Å²) in [4.78, 5) is 14.7. The summed E-state index contributed by atoms with van der Waals surface area (Å²) in [6.45, 7) is 6.53. The van der Waals surface area contributed by atoms with Crippen LogP contribution in [0.3, 0.4) is 0 Å². The monoisotopic (exact) mass is 347 g/mol. The second-order valence-electron chi connectivity index (χ2n) is 6.78. The third-order valence-corrected chi connectivity index (χ3v) is 4.99. The zero-order valence-electron chi connectivity index (χ0n) is 14.4. The number of rotatable bonds is 6. The summed E-state index contributed by atoms with van der Waals surface area (Å²) < 4.78 is 18.6. The van der Waals surface area contributed by atoms with Crippen molar-refractivity contribution in [1.29, 1.82) is 0 Å². The Balaban J connectivity index is 1.46. The number of hydrogen-bond donors (Lipinski definition) is 2. The molecule has 1 aromatic carbocycles. The van der Waals surface area contributed by atoms with Crippen LogP contribution in [-0.4, -0.2) is 43.2 Å². The van der Waals surface area contributed by atoms with E-state index in [0.717, 1.165) is 38.1 Å². The van der Waals surface area contributed by atoms with Gasteiger partial charge < -0.3 is 9.64 Å². The highest BCUT2D eigenvalue weighted by molar-refractivity contribution is 5.82. The lowest BCUT2D eigenvalue weighted by Gasteiger charge is -2.33. The lowest BCUT2D eigenvalue weighted by molar-refractivity contribution is -0.134. The van der Waals surface area contributed by atoms with Crippen LogP contribution in [0.1, 0.15) is 30.9 Å². The Morgan fingerprint density at radius 2 is 2.00 bits per heavy atom. The van der Waals surface area contributed by atoms with E-state index in [1.54, 1.807) is 18.2 Å². The average Bonchev–Trinajstić information content (AvgIpc) is 3.13. The number of carbonyl (C=O) groups excluding carboxylic acids is 1. The number of benzene rings is 1. The molecule has 0 radical (unpaired) electrons. The molecule has 2 aliphatic heterocycles. The van der Waals surface area contributed by atoms with Gasteiger partial charge in [0.05, 0.1) is 6.61 Å². The van der Waals surface area contributed by atoms with Gasteiger partial charge in [0, 0.05) is 25.7 Å². The molecule has 2 heterocycles. The fraction of sp³-hybridized carbons (Fsp3) is 0.526. The molecule has 1 aromatic rings. The van der Waals surface area contributed by atoms with Gasteiger partial charge in [-0.1, -0.05) is 18.2 Å². The molecule has 2 atom stereocenters. The summed E-state index contributed by atoms with van der Waals surface area (Å²) in [5.74, 6) is 0.412. The van der Waals surface area contributed by atoms with E-state index in [-0.39, 0.29) is 23.8 Å². The molecule has 136 valence electrons. The van der Waals surface area contributed by atoms with Gasteiger partial charge in [0.1, 0.15) is 11.9 Å². The number of nitrogens with one attached hydrogen (secondary N) is 2. The van der Waals surface area contributed by atoms with Crippen LogP contribution in [0, 0.1) is 11.7 Å². The molecule has 2 saturated heterocycles. The number of carbonyl (C=O) groups is 1. The zero-order valence-corrected chi connectivity index (χ0v) is 14.4. The van der Waals surface area contributed by atoms with E-state index in [2.05, 4.69) is 17.4 Å². The predicted octanol–water partition coefficient (Wildman–Crippen LogP) is 2.17. The van der Waals surface area contributed by atoms with Crippen LogP contribution in [0.15, 0.2) is 36.9 Å². The topological polar surface area (TPSA) is 53.6 Å². The highest BCUT2D eigenvalue weighted by Gasteiger charge is 2.34. The molecule has 5 nitrogen and oxygen atoms in total. The molecule has 2 aliphatic rings. The van der Waals surface area contributed by atoms with Crippen LogP contribution in [0.2, 0.25) is 0 Å². The summed E-state index contributed by atoms with van der Waals surface area (Å²) in [7, 11) is 0. The minimum absolute atomic E-state index is 0.0272. The molecule has 6 heteroatoms. The summed E-state index contributed by atoms with van der Waals surface area (Å²) in [6, 6.07) is 6.21. The number of piperidine rings is 1. The minimum atomic E-state index is -0.248. The van der Waals surface area contributed by atoms with Crippen LogP contribution < -0.4 is 10.9 Å². The molecule has 0 aromatic heterocycles. The summed E-state index contributed by atoms with van der Waals surface area (Å²) in [5.41, 5.74) is 7.24. The molecule has 1 amide bonds. The smallest absolute Gasteiger partial charge is 0.241 e. The summed E-state index contributed by atoms with van der Waals surface area (Å²) >= 11 is 0. The molecular weight excluding hydrogens is 321 g/mol. The maximum atomic E-state index is 13.0. The highest BCUT2D eigenvalue weighted by Crippen LogP contribution is 2.25. The SMILES string of the molecule is C=CCOCC1CCN(C(=O)C2CC(c3ccc(F)cc3)NN2)CC1. The molecule has 0 aliphatic carbocycles. The Labute approximate surface area is 148 Å². The van der Waals surface area contributed by atoms with Gasteiger partial charge >= 0.3 is 0 Å². The van der Waals surface area contributed by atoms with Crippen LogP contribution >= 0.6 is 0 Å². The number of amides is 1. The van der Waals surface area contributed by atoms with E-state index in [1.807, 2.05) is 4.90 Å². The molecule has 3 rings (SSSR count). The Kier molecular flexibility index (Phi) is 6.18.